The van der Waals surface area contributed by atoms with E-state index in [1.54, 1.807) is 6.07 Å². The maximum atomic E-state index is 12.0. The highest BCUT2D eigenvalue weighted by Gasteiger charge is 2.15. The van der Waals surface area contributed by atoms with Crippen molar-refractivity contribution in [3.05, 3.63) is 71.4 Å². The second-order valence-electron chi connectivity index (χ2n) is 7.88. The fraction of sp³-hybridized carbons (Fsp3) is 0.308. The Hall–Kier alpha value is -3.38. The largest absolute Gasteiger partial charge is 0.465 e. The number of fused-ring (bicyclic) bond motifs is 3. The van der Waals surface area contributed by atoms with Crippen LogP contribution >= 0.6 is 0 Å². The molecule has 32 heavy (non-hydrogen) atoms. The number of ether oxygens (including phenoxy) is 1. The third-order valence-electron chi connectivity index (χ3n) is 5.89. The van der Waals surface area contributed by atoms with E-state index in [0.717, 1.165) is 65.9 Å². The lowest BCUT2D eigenvalue weighted by molar-refractivity contribution is 0.0601. The Labute approximate surface area is 188 Å². The Morgan fingerprint density at radius 1 is 1.06 bits per heavy atom. The van der Waals surface area contributed by atoms with E-state index in [2.05, 4.69) is 47.2 Å². The molecule has 0 saturated heterocycles. The van der Waals surface area contributed by atoms with Crippen LogP contribution < -0.4 is 5.32 Å². The minimum absolute atomic E-state index is 0.342. The van der Waals surface area contributed by atoms with E-state index in [0.29, 0.717) is 5.56 Å². The molecule has 0 saturated carbocycles. The quantitative estimate of drug-likeness (QED) is 0.372. The van der Waals surface area contributed by atoms with Gasteiger partial charge in [0.1, 0.15) is 5.82 Å². The third kappa shape index (κ3) is 4.60. The number of likely N-dealkylation sites (N-methyl/N-ethyl adjacent to an activating group) is 1. The fourth-order valence-corrected chi connectivity index (χ4v) is 4.12. The molecular weight excluding hydrogens is 400 g/mol. The molecule has 0 bridgehead atoms. The van der Waals surface area contributed by atoms with Crippen LogP contribution in [0.5, 0.6) is 0 Å². The number of aromatic nitrogens is 2. The van der Waals surface area contributed by atoms with Gasteiger partial charge < -0.3 is 19.9 Å². The molecule has 0 unspecified atom stereocenters. The predicted molar refractivity (Wildman–Crippen MR) is 130 cm³/mol. The van der Waals surface area contributed by atoms with Crippen molar-refractivity contribution >= 4 is 33.6 Å². The number of aromatic amines is 1. The molecule has 6 heteroatoms. The minimum Gasteiger partial charge on any atom is -0.465 e. The molecule has 166 valence electrons. The lowest BCUT2D eigenvalue weighted by Gasteiger charge is -2.18. The van der Waals surface area contributed by atoms with Gasteiger partial charge in [0.2, 0.25) is 0 Å². The summed E-state index contributed by atoms with van der Waals surface area (Å²) in [5.74, 6) is 0.531. The number of carbonyl (C=O) groups excluding carboxylic acids is 1. The average Bonchev–Trinajstić information content (AvgIpc) is 3.19. The summed E-state index contributed by atoms with van der Waals surface area (Å²) in [4.78, 5) is 22.9. The first kappa shape index (κ1) is 21.8. The second-order valence-corrected chi connectivity index (χ2v) is 7.88. The Bertz CT molecular complexity index is 1210. The van der Waals surface area contributed by atoms with Crippen molar-refractivity contribution in [2.45, 2.75) is 20.3 Å². The van der Waals surface area contributed by atoms with Crippen LogP contribution in [0.25, 0.3) is 21.8 Å². The van der Waals surface area contributed by atoms with Crippen LogP contribution in [0.2, 0.25) is 0 Å². The third-order valence-corrected chi connectivity index (χ3v) is 5.89. The van der Waals surface area contributed by atoms with Crippen LogP contribution in [0, 0.1) is 0 Å². The number of nitrogens with zero attached hydrogens (tertiary/aromatic N) is 2. The van der Waals surface area contributed by atoms with Crippen molar-refractivity contribution < 1.29 is 9.53 Å². The molecule has 0 atom stereocenters. The van der Waals surface area contributed by atoms with E-state index >= 15 is 0 Å². The fourth-order valence-electron chi connectivity index (χ4n) is 4.12. The van der Waals surface area contributed by atoms with Crippen LogP contribution in [0.4, 0.5) is 5.82 Å². The molecule has 4 rings (SSSR count). The van der Waals surface area contributed by atoms with Crippen LogP contribution in [0.1, 0.15) is 35.5 Å². The molecule has 0 aliphatic heterocycles. The van der Waals surface area contributed by atoms with Gasteiger partial charge in [-0.1, -0.05) is 50.2 Å². The lowest BCUT2D eigenvalue weighted by Crippen LogP contribution is -2.28. The number of hydrogen-bond donors (Lipinski definition) is 2. The summed E-state index contributed by atoms with van der Waals surface area (Å²) in [6, 6.07) is 18.1. The summed E-state index contributed by atoms with van der Waals surface area (Å²) in [7, 11) is 1.40. The molecule has 4 aromatic rings. The van der Waals surface area contributed by atoms with Gasteiger partial charge in [-0.25, -0.2) is 9.78 Å². The number of anilines is 1. The molecule has 2 heterocycles. The number of hydrogen-bond acceptors (Lipinski definition) is 5. The van der Waals surface area contributed by atoms with E-state index < -0.39 is 0 Å². The van der Waals surface area contributed by atoms with Crippen LogP contribution in [0.3, 0.4) is 0 Å². The number of pyridine rings is 1. The van der Waals surface area contributed by atoms with Gasteiger partial charge in [-0.2, -0.15) is 0 Å². The van der Waals surface area contributed by atoms with Gasteiger partial charge in [-0.3, -0.25) is 0 Å². The summed E-state index contributed by atoms with van der Waals surface area (Å²) in [5, 5.41) is 5.66. The molecule has 0 fully saturated rings. The molecular formula is C26H30N4O2. The van der Waals surface area contributed by atoms with Crippen molar-refractivity contribution in [3.63, 3.8) is 0 Å². The molecule has 2 aromatic carbocycles. The highest BCUT2D eigenvalue weighted by Crippen LogP contribution is 2.32. The number of H-pyrrole nitrogens is 1. The molecule has 0 aliphatic carbocycles. The molecule has 0 radical (unpaired) electrons. The van der Waals surface area contributed by atoms with Crippen LogP contribution in [0.15, 0.2) is 54.6 Å². The summed E-state index contributed by atoms with van der Waals surface area (Å²) >= 11 is 0. The maximum Gasteiger partial charge on any atom is 0.337 e. The van der Waals surface area contributed by atoms with Crippen LogP contribution in [-0.4, -0.2) is 54.1 Å². The zero-order valence-electron chi connectivity index (χ0n) is 18.9. The number of benzene rings is 2. The van der Waals surface area contributed by atoms with Gasteiger partial charge in [0.25, 0.3) is 0 Å². The predicted octanol–water partition coefficient (Wildman–Crippen LogP) is 4.85. The highest BCUT2D eigenvalue weighted by atomic mass is 16.5. The molecule has 2 N–H and O–H groups in total. The topological polar surface area (TPSA) is 70.2 Å². The van der Waals surface area contributed by atoms with E-state index in [1.165, 1.54) is 12.7 Å². The first-order chi connectivity index (χ1) is 15.6. The Kier molecular flexibility index (Phi) is 6.71. The minimum atomic E-state index is -0.342. The SMILES string of the molecule is CCN(CC)CCNc1nc(Cc2ccccc2)cc2[nH]c3cc(C(=O)OC)ccc3c12. The number of methoxy groups -OCH3 is 1. The molecule has 6 nitrogen and oxygen atoms in total. The second kappa shape index (κ2) is 9.83. The summed E-state index contributed by atoms with van der Waals surface area (Å²) in [5.41, 5.74) is 4.65. The molecule has 0 amide bonds. The first-order valence-corrected chi connectivity index (χ1v) is 11.2. The number of carbonyl (C=O) groups is 1. The van der Waals surface area contributed by atoms with Gasteiger partial charge >= 0.3 is 5.97 Å². The van der Waals surface area contributed by atoms with Crippen molar-refractivity contribution in [2.75, 3.05) is 38.6 Å². The normalized spacial score (nSPS) is 11.4. The monoisotopic (exact) mass is 430 g/mol. The zero-order valence-corrected chi connectivity index (χ0v) is 18.9. The molecule has 0 aliphatic rings. The number of nitrogens with one attached hydrogen (secondary N) is 2. The highest BCUT2D eigenvalue weighted by molar-refractivity contribution is 6.13. The Morgan fingerprint density at radius 2 is 1.84 bits per heavy atom. The summed E-state index contributed by atoms with van der Waals surface area (Å²) in [6.07, 6.45) is 0.754. The van der Waals surface area contributed by atoms with Crippen molar-refractivity contribution in [1.82, 2.24) is 14.9 Å². The van der Waals surface area contributed by atoms with Gasteiger partial charge in [-0.15, -0.1) is 0 Å². The molecule has 2 aromatic heterocycles. The van der Waals surface area contributed by atoms with E-state index in [9.17, 15) is 4.79 Å². The van der Waals surface area contributed by atoms with Gasteiger partial charge in [0, 0.05) is 41.5 Å². The standard InChI is InChI=1S/C26H30N4O2/c1-4-30(5-2)14-13-27-25-24-21-12-11-19(26(31)32-3)16-22(21)29-23(24)17-20(28-25)15-18-9-7-6-8-10-18/h6-12,16-17,29H,4-5,13-15H2,1-3H3,(H,27,28). The Balaban J connectivity index is 1.75. The number of esters is 1. The Morgan fingerprint density at radius 3 is 2.56 bits per heavy atom. The van der Waals surface area contributed by atoms with Gasteiger partial charge in [0.15, 0.2) is 0 Å². The van der Waals surface area contributed by atoms with Gasteiger partial charge in [-0.05, 0) is 36.9 Å². The van der Waals surface area contributed by atoms with Crippen molar-refractivity contribution in [1.29, 1.82) is 0 Å². The smallest absolute Gasteiger partial charge is 0.337 e. The number of rotatable bonds is 9. The van der Waals surface area contributed by atoms with Gasteiger partial charge in [0.05, 0.1) is 18.2 Å². The molecule has 0 spiro atoms. The summed E-state index contributed by atoms with van der Waals surface area (Å²) in [6.45, 7) is 8.17. The van der Waals surface area contributed by atoms with E-state index in [-0.39, 0.29) is 5.97 Å². The zero-order chi connectivity index (χ0) is 22.5. The van der Waals surface area contributed by atoms with E-state index in [4.69, 9.17) is 9.72 Å². The van der Waals surface area contributed by atoms with Crippen LogP contribution in [-0.2, 0) is 11.2 Å². The van der Waals surface area contributed by atoms with Crippen molar-refractivity contribution in [3.8, 4) is 0 Å². The summed E-state index contributed by atoms with van der Waals surface area (Å²) < 4.78 is 4.88. The maximum absolute atomic E-state index is 12.0. The average molecular weight is 431 g/mol. The first-order valence-electron chi connectivity index (χ1n) is 11.2. The lowest BCUT2D eigenvalue weighted by atomic mass is 10.1. The van der Waals surface area contributed by atoms with E-state index in [1.807, 2.05) is 30.3 Å². The van der Waals surface area contributed by atoms with Crippen molar-refractivity contribution in [2.24, 2.45) is 0 Å².